The van der Waals surface area contributed by atoms with Gasteiger partial charge in [-0.1, -0.05) is 6.07 Å². The minimum Gasteiger partial charge on any atom is -0.396 e. The van der Waals surface area contributed by atoms with E-state index in [2.05, 4.69) is 10.3 Å². The number of aliphatic hydroxyl groups excluding tert-OH is 1. The molecule has 2 N–H and O–H groups in total. The van der Waals surface area contributed by atoms with Crippen LogP contribution in [0, 0.1) is 0 Å². The number of carbonyl (C=O) groups excluding carboxylic acids is 1. The molecule has 1 heterocycles. The topological polar surface area (TPSA) is 62.2 Å². The first kappa shape index (κ1) is 12.6. The van der Waals surface area contributed by atoms with Crippen molar-refractivity contribution in [3.8, 4) is 0 Å². The van der Waals surface area contributed by atoms with Gasteiger partial charge in [0.15, 0.2) is 0 Å². The SMILES string of the molecule is C[C@H](NC(=O)CCCCO)c1cccnc1. The van der Waals surface area contributed by atoms with Crippen LogP contribution >= 0.6 is 0 Å². The summed E-state index contributed by atoms with van der Waals surface area (Å²) in [4.78, 5) is 15.5. The lowest BCUT2D eigenvalue weighted by atomic mass is 10.1. The van der Waals surface area contributed by atoms with E-state index in [-0.39, 0.29) is 18.6 Å². The molecule has 1 aromatic rings. The number of rotatable bonds is 6. The molecule has 0 aliphatic heterocycles. The van der Waals surface area contributed by atoms with Gasteiger partial charge < -0.3 is 10.4 Å². The van der Waals surface area contributed by atoms with Crippen LogP contribution in [0.5, 0.6) is 0 Å². The van der Waals surface area contributed by atoms with E-state index >= 15 is 0 Å². The third kappa shape index (κ3) is 4.40. The maximum Gasteiger partial charge on any atom is 0.220 e. The maximum absolute atomic E-state index is 11.5. The van der Waals surface area contributed by atoms with Crippen molar-refractivity contribution >= 4 is 5.91 Å². The van der Waals surface area contributed by atoms with Crippen LogP contribution in [0.1, 0.15) is 37.8 Å². The Morgan fingerprint density at radius 1 is 1.56 bits per heavy atom. The molecule has 4 heteroatoms. The van der Waals surface area contributed by atoms with Crippen LogP contribution in [0.4, 0.5) is 0 Å². The molecule has 4 nitrogen and oxygen atoms in total. The van der Waals surface area contributed by atoms with Crippen molar-refractivity contribution in [1.29, 1.82) is 0 Å². The zero-order chi connectivity index (χ0) is 11.8. The number of aliphatic hydroxyl groups is 1. The molecule has 0 bridgehead atoms. The summed E-state index contributed by atoms with van der Waals surface area (Å²) < 4.78 is 0. The predicted octanol–water partition coefficient (Wildman–Crippen LogP) is 1.42. The Balaban J connectivity index is 2.34. The summed E-state index contributed by atoms with van der Waals surface area (Å²) in [6, 6.07) is 3.77. The number of pyridine rings is 1. The van der Waals surface area contributed by atoms with Crippen molar-refractivity contribution in [3.05, 3.63) is 30.1 Å². The second-order valence-corrected chi connectivity index (χ2v) is 3.76. The number of unbranched alkanes of at least 4 members (excludes halogenated alkanes) is 1. The lowest BCUT2D eigenvalue weighted by molar-refractivity contribution is -0.121. The van der Waals surface area contributed by atoms with Gasteiger partial charge in [0.1, 0.15) is 0 Å². The highest BCUT2D eigenvalue weighted by Gasteiger charge is 2.08. The van der Waals surface area contributed by atoms with Gasteiger partial charge in [-0.3, -0.25) is 9.78 Å². The molecule has 0 aromatic carbocycles. The second-order valence-electron chi connectivity index (χ2n) is 3.76. The summed E-state index contributed by atoms with van der Waals surface area (Å²) in [6.45, 7) is 2.08. The molecule has 1 atom stereocenters. The summed E-state index contributed by atoms with van der Waals surface area (Å²) in [7, 11) is 0. The molecule has 0 aliphatic rings. The molecule has 0 radical (unpaired) electrons. The van der Waals surface area contributed by atoms with E-state index in [1.54, 1.807) is 12.4 Å². The minimum atomic E-state index is -0.0182. The van der Waals surface area contributed by atoms with Crippen LogP contribution in [-0.2, 0) is 4.79 Å². The van der Waals surface area contributed by atoms with E-state index < -0.39 is 0 Å². The van der Waals surface area contributed by atoms with Crippen molar-refractivity contribution in [2.45, 2.75) is 32.2 Å². The zero-order valence-electron chi connectivity index (χ0n) is 9.52. The van der Waals surface area contributed by atoms with Crippen molar-refractivity contribution in [3.63, 3.8) is 0 Å². The molecule has 1 rings (SSSR count). The molecule has 1 aromatic heterocycles. The first-order chi connectivity index (χ1) is 7.74. The van der Waals surface area contributed by atoms with Crippen molar-refractivity contribution in [1.82, 2.24) is 10.3 Å². The Bertz CT molecular complexity index is 314. The van der Waals surface area contributed by atoms with Crippen molar-refractivity contribution < 1.29 is 9.90 Å². The fourth-order valence-corrected chi connectivity index (χ4v) is 1.43. The maximum atomic E-state index is 11.5. The van der Waals surface area contributed by atoms with Gasteiger partial charge in [-0.2, -0.15) is 0 Å². The van der Waals surface area contributed by atoms with Gasteiger partial charge in [0, 0.05) is 25.4 Å². The van der Waals surface area contributed by atoms with E-state index in [1.165, 1.54) is 0 Å². The molecular formula is C12H18N2O2. The van der Waals surface area contributed by atoms with Crippen LogP contribution in [0.15, 0.2) is 24.5 Å². The summed E-state index contributed by atoms with van der Waals surface area (Å²) in [6.07, 6.45) is 5.32. The number of amides is 1. The molecular weight excluding hydrogens is 204 g/mol. The van der Waals surface area contributed by atoms with Gasteiger partial charge in [-0.15, -0.1) is 0 Å². The Morgan fingerprint density at radius 2 is 2.38 bits per heavy atom. The number of aromatic nitrogens is 1. The fourth-order valence-electron chi connectivity index (χ4n) is 1.43. The number of nitrogens with one attached hydrogen (secondary N) is 1. The third-order valence-electron chi connectivity index (χ3n) is 2.37. The molecule has 0 saturated carbocycles. The van der Waals surface area contributed by atoms with Gasteiger partial charge in [0.05, 0.1) is 6.04 Å². The van der Waals surface area contributed by atoms with Gasteiger partial charge in [-0.05, 0) is 31.4 Å². The second kappa shape index (κ2) is 6.95. The highest BCUT2D eigenvalue weighted by molar-refractivity contribution is 5.76. The van der Waals surface area contributed by atoms with Gasteiger partial charge in [-0.25, -0.2) is 0 Å². The highest BCUT2D eigenvalue weighted by atomic mass is 16.2. The van der Waals surface area contributed by atoms with Gasteiger partial charge >= 0.3 is 0 Å². The molecule has 16 heavy (non-hydrogen) atoms. The van der Waals surface area contributed by atoms with Crippen LogP contribution < -0.4 is 5.32 Å². The Morgan fingerprint density at radius 3 is 3.00 bits per heavy atom. The molecule has 0 saturated heterocycles. The van der Waals surface area contributed by atoms with E-state index in [1.807, 2.05) is 19.1 Å². The van der Waals surface area contributed by atoms with E-state index in [9.17, 15) is 4.79 Å². The lowest BCUT2D eigenvalue weighted by Crippen LogP contribution is -2.26. The van der Waals surface area contributed by atoms with Crippen LogP contribution in [0.25, 0.3) is 0 Å². The molecule has 0 fully saturated rings. The van der Waals surface area contributed by atoms with Crippen LogP contribution in [0.3, 0.4) is 0 Å². The van der Waals surface area contributed by atoms with Crippen LogP contribution in [0.2, 0.25) is 0 Å². The number of nitrogens with zero attached hydrogens (tertiary/aromatic N) is 1. The van der Waals surface area contributed by atoms with Crippen molar-refractivity contribution in [2.24, 2.45) is 0 Å². The fraction of sp³-hybridized carbons (Fsp3) is 0.500. The summed E-state index contributed by atoms with van der Waals surface area (Å²) in [5.74, 6) is 0.0183. The quantitative estimate of drug-likeness (QED) is 0.715. The predicted molar refractivity (Wildman–Crippen MR) is 61.7 cm³/mol. The molecule has 88 valence electrons. The zero-order valence-corrected chi connectivity index (χ0v) is 9.52. The average molecular weight is 222 g/mol. The Labute approximate surface area is 95.7 Å². The smallest absolute Gasteiger partial charge is 0.220 e. The third-order valence-corrected chi connectivity index (χ3v) is 2.37. The standard InChI is InChI=1S/C12H18N2O2/c1-10(11-5-4-7-13-9-11)14-12(16)6-2-3-8-15/h4-5,7,9-10,15H,2-3,6,8H2,1H3,(H,14,16)/t10-/m0/s1. The highest BCUT2D eigenvalue weighted by Crippen LogP contribution is 2.10. The first-order valence-electron chi connectivity index (χ1n) is 5.54. The summed E-state index contributed by atoms with van der Waals surface area (Å²) >= 11 is 0. The Kier molecular flexibility index (Phi) is 5.50. The largest absolute Gasteiger partial charge is 0.396 e. The lowest BCUT2D eigenvalue weighted by Gasteiger charge is -2.13. The average Bonchev–Trinajstić information content (AvgIpc) is 2.30. The minimum absolute atomic E-state index is 0.0182. The molecule has 0 unspecified atom stereocenters. The van der Waals surface area contributed by atoms with E-state index in [4.69, 9.17) is 5.11 Å². The number of hydrogen-bond donors (Lipinski definition) is 2. The van der Waals surface area contributed by atoms with Gasteiger partial charge in [0.25, 0.3) is 0 Å². The van der Waals surface area contributed by atoms with E-state index in [0.29, 0.717) is 12.8 Å². The summed E-state index contributed by atoms with van der Waals surface area (Å²) in [5, 5.41) is 11.5. The number of carbonyl (C=O) groups is 1. The molecule has 0 spiro atoms. The van der Waals surface area contributed by atoms with E-state index in [0.717, 1.165) is 12.0 Å². The Hall–Kier alpha value is -1.42. The van der Waals surface area contributed by atoms with Crippen molar-refractivity contribution in [2.75, 3.05) is 6.61 Å². The molecule has 1 amide bonds. The normalized spacial score (nSPS) is 12.1. The molecule has 0 aliphatic carbocycles. The van der Waals surface area contributed by atoms with Gasteiger partial charge in [0.2, 0.25) is 5.91 Å². The van der Waals surface area contributed by atoms with Crippen LogP contribution in [-0.4, -0.2) is 22.6 Å². The number of hydrogen-bond acceptors (Lipinski definition) is 3. The first-order valence-corrected chi connectivity index (χ1v) is 5.54. The summed E-state index contributed by atoms with van der Waals surface area (Å²) in [5.41, 5.74) is 0.998. The monoisotopic (exact) mass is 222 g/mol.